The van der Waals surface area contributed by atoms with Crippen molar-refractivity contribution in [3.05, 3.63) is 82.4 Å². The lowest BCUT2D eigenvalue weighted by atomic mass is 9.97. The molecule has 3 rings (SSSR count). The van der Waals surface area contributed by atoms with Gasteiger partial charge in [-0.1, -0.05) is 36.9 Å². The maximum absolute atomic E-state index is 13.9. The van der Waals surface area contributed by atoms with Crippen LogP contribution in [0.5, 0.6) is 0 Å². The molecule has 0 radical (unpaired) electrons. The van der Waals surface area contributed by atoms with Crippen LogP contribution in [0.25, 0.3) is 10.1 Å². The van der Waals surface area contributed by atoms with Crippen molar-refractivity contribution in [1.29, 1.82) is 0 Å². The van der Waals surface area contributed by atoms with Crippen molar-refractivity contribution in [2.24, 2.45) is 0 Å². The highest BCUT2D eigenvalue weighted by atomic mass is 32.1. The Morgan fingerprint density at radius 3 is 2.73 bits per heavy atom. The van der Waals surface area contributed by atoms with E-state index in [1.807, 2.05) is 0 Å². The number of fused-ring (bicyclic) bond motifs is 1. The fourth-order valence-electron chi connectivity index (χ4n) is 2.90. The van der Waals surface area contributed by atoms with Crippen LogP contribution in [-0.2, 0) is 21.0 Å². The summed E-state index contributed by atoms with van der Waals surface area (Å²) in [5, 5.41) is 15.5. The Bertz CT molecular complexity index is 1170. The summed E-state index contributed by atoms with van der Waals surface area (Å²) in [6, 6.07) is 7.88. The van der Waals surface area contributed by atoms with Crippen molar-refractivity contribution in [2.75, 3.05) is 18.5 Å². The first-order valence-electron chi connectivity index (χ1n) is 9.59. The van der Waals surface area contributed by atoms with Crippen LogP contribution in [0.15, 0.2) is 55.4 Å². The Morgan fingerprint density at radius 2 is 2.06 bits per heavy atom. The van der Waals surface area contributed by atoms with Gasteiger partial charge in [-0.15, -0.1) is 21.5 Å². The molecule has 2 aromatic heterocycles. The van der Waals surface area contributed by atoms with Crippen LogP contribution in [0.4, 0.5) is 14.2 Å². The van der Waals surface area contributed by atoms with Crippen LogP contribution in [-0.4, -0.2) is 35.2 Å². The number of ether oxygens (including phenoxy) is 1. The Hall–Kier alpha value is -4.06. The van der Waals surface area contributed by atoms with E-state index in [0.29, 0.717) is 26.2 Å². The van der Waals surface area contributed by atoms with Gasteiger partial charge >= 0.3 is 6.09 Å². The van der Waals surface area contributed by atoms with Gasteiger partial charge in [-0.3, -0.25) is 9.78 Å². The van der Waals surface area contributed by atoms with Crippen molar-refractivity contribution in [3.8, 4) is 0 Å². The number of nitrogens with zero attached hydrogens (tertiary/aromatic N) is 2. The summed E-state index contributed by atoms with van der Waals surface area (Å²) in [6.45, 7) is 3.14. The van der Waals surface area contributed by atoms with Crippen molar-refractivity contribution in [3.63, 3.8) is 0 Å². The molecule has 2 N–H and O–H groups in total. The Kier molecular flexibility index (Phi) is 7.86. The average molecular weight is 474 g/mol. The monoisotopic (exact) mass is 474 g/mol. The van der Waals surface area contributed by atoms with Gasteiger partial charge in [0, 0.05) is 18.1 Å². The maximum atomic E-state index is 13.9. The SMILES string of the molecule is C=CCOC(=O)NC[C@@H](C(=O)Nc1cc2c(F)cncc2s1)c1ccc(CO[N+](=O)[O-])cc1. The second kappa shape index (κ2) is 11.0. The lowest BCUT2D eigenvalue weighted by Gasteiger charge is -2.18. The number of halogens is 1. The number of amides is 2. The topological polar surface area (TPSA) is 133 Å². The molecular formula is C21H19FN4O6S. The highest BCUT2D eigenvalue weighted by Crippen LogP contribution is 2.31. The minimum Gasteiger partial charge on any atom is -0.445 e. The van der Waals surface area contributed by atoms with Gasteiger partial charge in [-0.05, 0) is 17.2 Å². The zero-order valence-corrected chi connectivity index (χ0v) is 18.0. The first kappa shape index (κ1) is 23.6. The number of benzene rings is 1. The van der Waals surface area contributed by atoms with Crippen LogP contribution in [0.1, 0.15) is 17.0 Å². The van der Waals surface area contributed by atoms with E-state index in [1.165, 1.54) is 18.3 Å². The van der Waals surface area contributed by atoms with Crippen LogP contribution in [0, 0.1) is 15.9 Å². The number of carbonyl (C=O) groups is 2. The Morgan fingerprint density at radius 1 is 1.30 bits per heavy atom. The summed E-state index contributed by atoms with van der Waals surface area (Å²) in [4.78, 5) is 43.4. The molecule has 0 fully saturated rings. The number of aromatic nitrogens is 1. The zero-order valence-electron chi connectivity index (χ0n) is 17.2. The molecule has 0 aliphatic rings. The summed E-state index contributed by atoms with van der Waals surface area (Å²) in [5.74, 6) is -1.78. The van der Waals surface area contributed by atoms with Crippen molar-refractivity contribution < 1.29 is 28.6 Å². The van der Waals surface area contributed by atoms with E-state index >= 15 is 0 Å². The molecular weight excluding hydrogens is 455 g/mol. The molecule has 3 aromatic rings. The van der Waals surface area contributed by atoms with Gasteiger partial charge in [0.25, 0.3) is 5.09 Å². The molecule has 0 bridgehead atoms. The van der Waals surface area contributed by atoms with Crippen molar-refractivity contribution in [2.45, 2.75) is 12.5 Å². The molecule has 0 saturated carbocycles. The third-order valence-corrected chi connectivity index (χ3v) is 5.45. The van der Waals surface area contributed by atoms with E-state index in [0.717, 1.165) is 17.5 Å². The molecule has 0 unspecified atom stereocenters. The number of thiophene rings is 1. The molecule has 0 spiro atoms. The van der Waals surface area contributed by atoms with Crippen LogP contribution in [0.3, 0.4) is 0 Å². The predicted molar refractivity (Wildman–Crippen MR) is 119 cm³/mol. The van der Waals surface area contributed by atoms with Gasteiger partial charge in [0.1, 0.15) is 19.0 Å². The number of nitrogens with one attached hydrogen (secondary N) is 2. The Labute approximate surface area is 191 Å². The van der Waals surface area contributed by atoms with Gasteiger partial charge < -0.3 is 20.2 Å². The van der Waals surface area contributed by atoms with E-state index in [4.69, 9.17) is 4.74 Å². The average Bonchev–Trinajstić information content (AvgIpc) is 3.21. The van der Waals surface area contributed by atoms with Gasteiger partial charge in [0.2, 0.25) is 5.91 Å². The fraction of sp³-hybridized carbons (Fsp3) is 0.190. The maximum Gasteiger partial charge on any atom is 0.407 e. The van der Waals surface area contributed by atoms with Gasteiger partial charge in [0.05, 0.1) is 21.8 Å². The van der Waals surface area contributed by atoms with Gasteiger partial charge in [0.15, 0.2) is 0 Å². The molecule has 2 heterocycles. The summed E-state index contributed by atoms with van der Waals surface area (Å²) >= 11 is 1.16. The molecule has 33 heavy (non-hydrogen) atoms. The fourth-order valence-corrected chi connectivity index (χ4v) is 3.85. The molecule has 2 amide bonds. The lowest BCUT2D eigenvalue weighted by Crippen LogP contribution is -2.34. The number of rotatable bonds is 10. The third kappa shape index (κ3) is 6.46. The van der Waals surface area contributed by atoms with E-state index in [1.54, 1.807) is 24.3 Å². The van der Waals surface area contributed by atoms with Crippen molar-refractivity contribution >= 4 is 38.4 Å². The Balaban J connectivity index is 1.78. The first-order chi connectivity index (χ1) is 15.9. The van der Waals surface area contributed by atoms with E-state index in [-0.39, 0.29) is 19.8 Å². The van der Waals surface area contributed by atoms with Crippen LogP contribution in [0.2, 0.25) is 0 Å². The highest BCUT2D eigenvalue weighted by Gasteiger charge is 2.23. The normalized spacial score (nSPS) is 11.4. The first-order valence-corrected chi connectivity index (χ1v) is 10.4. The second-order valence-corrected chi connectivity index (χ2v) is 7.78. The predicted octanol–water partition coefficient (Wildman–Crippen LogP) is 3.78. The quantitative estimate of drug-likeness (QED) is 0.260. The molecule has 172 valence electrons. The summed E-state index contributed by atoms with van der Waals surface area (Å²) in [6.07, 6.45) is 3.27. The second-order valence-electron chi connectivity index (χ2n) is 6.69. The molecule has 12 heteroatoms. The van der Waals surface area contributed by atoms with E-state index in [2.05, 4.69) is 27.0 Å². The molecule has 0 aliphatic carbocycles. The molecule has 0 saturated heterocycles. The number of hydrogen-bond acceptors (Lipinski definition) is 8. The number of anilines is 1. The number of alkyl carbamates (subject to hydrolysis) is 1. The summed E-state index contributed by atoms with van der Waals surface area (Å²) < 4.78 is 19.4. The van der Waals surface area contributed by atoms with Crippen LogP contribution >= 0.6 is 11.3 Å². The molecule has 1 atom stereocenters. The molecule has 1 aromatic carbocycles. The van der Waals surface area contributed by atoms with E-state index in [9.17, 15) is 24.1 Å². The highest BCUT2D eigenvalue weighted by molar-refractivity contribution is 7.22. The minimum atomic E-state index is -0.897. The number of carbonyl (C=O) groups excluding carboxylic acids is 2. The molecule has 0 aliphatic heterocycles. The number of hydrogen-bond donors (Lipinski definition) is 2. The smallest absolute Gasteiger partial charge is 0.407 e. The largest absolute Gasteiger partial charge is 0.445 e. The number of pyridine rings is 1. The van der Waals surface area contributed by atoms with Gasteiger partial charge in [-0.2, -0.15) is 0 Å². The van der Waals surface area contributed by atoms with Gasteiger partial charge in [-0.25, -0.2) is 9.18 Å². The van der Waals surface area contributed by atoms with E-state index < -0.39 is 28.8 Å². The standard InChI is InChI=1S/C21H19FN4O6S/c1-2-7-31-21(28)24-9-16(14-5-3-13(4-6-14)12-32-26(29)30)20(27)25-19-8-15-17(22)10-23-11-18(15)33-19/h2-6,8,10-11,16H,1,7,9,12H2,(H,24,28)(H,25,27)/t16-/m1/s1. The van der Waals surface area contributed by atoms with Crippen LogP contribution < -0.4 is 10.6 Å². The molecule has 10 nitrogen and oxygen atoms in total. The summed E-state index contributed by atoms with van der Waals surface area (Å²) in [7, 11) is 0. The zero-order chi connectivity index (χ0) is 23.8. The van der Waals surface area contributed by atoms with Crippen molar-refractivity contribution in [1.82, 2.24) is 10.3 Å². The lowest BCUT2D eigenvalue weighted by molar-refractivity contribution is -0.763. The summed E-state index contributed by atoms with van der Waals surface area (Å²) in [5.41, 5.74) is 1.07. The minimum absolute atomic E-state index is 0.00915. The third-order valence-electron chi connectivity index (χ3n) is 4.46.